The molecule has 0 bridgehead atoms. The second kappa shape index (κ2) is 8.00. The van der Waals surface area contributed by atoms with Crippen LogP contribution < -0.4 is 5.56 Å². The lowest BCUT2D eigenvalue weighted by atomic mass is 9.89. The van der Waals surface area contributed by atoms with E-state index in [4.69, 9.17) is 0 Å². The number of amides is 1. The summed E-state index contributed by atoms with van der Waals surface area (Å²) in [5.74, 6) is -0.313. The van der Waals surface area contributed by atoms with E-state index in [9.17, 15) is 19.8 Å². The summed E-state index contributed by atoms with van der Waals surface area (Å²) in [5, 5.41) is 21.0. The average Bonchev–Trinajstić information content (AvgIpc) is 3.12. The van der Waals surface area contributed by atoms with Crippen LogP contribution in [-0.4, -0.2) is 44.8 Å². The molecule has 1 unspecified atom stereocenters. The molecular formula is C24H30N2O4. The van der Waals surface area contributed by atoms with Crippen LogP contribution in [0.1, 0.15) is 65.2 Å². The van der Waals surface area contributed by atoms with E-state index in [1.54, 1.807) is 22.6 Å². The Morgan fingerprint density at radius 2 is 1.77 bits per heavy atom. The Bertz CT molecular complexity index is 1010. The van der Waals surface area contributed by atoms with Crippen LogP contribution in [0.3, 0.4) is 0 Å². The van der Waals surface area contributed by atoms with E-state index in [0.717, 1.165) is 24.0 Å². The maximum Gasteiger partial charge on any atom is 0.263 e. The van der Waals surface area contributed by atoms with Crippen LogP contribution in [0.25, 0.3) is 0 Å². The number of rotatable bonds is 3. The number of aliphatic hydroxyl groups excluding tert-OH is 1. The minimum absolute atomic E-state index is 0.00975. The van der Waals surface area contributed by atoms with Crippen molar-refractivity contribution in [3.8, 4) is 0 Å². The van der Waals surface area contributed by atoms with Gasteiger partial charge in [-0.05, 0) is 68.7 Å². The van der Waals surface area contributed by atoms with E-state index in [2.05, 4.69) is 0 Å². The van der Waals surface area contributed by atoms with Gasteiger partial charge in [-0.1, -0.05) is 24.3 Å². The number of likely N-dealkylation sites (tertiary alicyclic amines) is 1. The SMILES string of the molecule is Cc1ccccc1C1(O)CCN(C(=O)c2c(C)ccn(C3CCC(O)CC3)c2=O)C1. The van der Waals surface area contributed by atoms with Crippen LogP contribution >= 0.6 is 0 Å². The number of aryl methyl sites for hydroxylation is 2. The highest BCUT2D eigenvalue weighted by Crippen LogP contribution is 2.34. The summed E-state index contributed by atoms with van der Waals surface area (Å²) in [6.07, 6.45) is 4.72. The smallest absolute Gasteiger partial charge is 0.263 e. The van der Waals surface area contributed by atoms with Crippen LogP contribution in [0.2, 0.25) is 0 Å². The molecule has 30 heavy (non-hydrogen) atoms. The molecule has 2 N–H and O–H groups in total. The van der Waals surface area contributed by atoms with Crippen LogP contribution in [0.15, 0.2) is 41.3 Å². The number of aromatic nitrogens is 1. The Hall–Kier alpha value is -2.44. The van der Waals surface area contributed by atoms with Gasteiger partial charge in [-0.2, -0.15) is 0 Å². The second-order valence-corrected chi connectivity index (χ2v) is 8.87. The lowest BCUT2D eigenvalue weighted by Crippen LogP contribution is -2.40. The van der Waals surface area contributed by atoms with E-state index >= 15 is 0 Å². The number of carbonyl (C=O) groups is 1. The van der Waals surface area contributed by atoms with Crippen LogP contribution in [0.4, 0.5) is 0 Å². The second-order valence-electron chi connectivity index (χ2n) is 8.87. The number of hydrogen-bond acceptors (Lipinski definition) is 4. The predicted octanol–water partition coefficient (Wildman–Crippen LogP) is 2.67. The number of β-amino-alcohol motifs (C(OH)–C–C–N with tert-alkyl or cyclic N) is 1. The zero-order valence-electron chi connectivity index (χ0n) is 17.7. The molecule has 6 heteroatoms. The quantitative estimate of drug-likeness (QED) is 0.815. The van der Waals surface area contributed by atoms with E-state index in [-0.39, 0.29) is 35.7 Å². The molecule has 2 aromatic rings. The summed E-state index contributed by atoms with van der Waals surface area (Å²) in [6, 6.07) is 9.52. The molecule has 0 spiro atoms. The topological polar surface area (TPSA) is 82.8 Å². The molecule has 1 saturated heterocycles. The first-order valence-corrected chi connectivity index (χ1v) is 10.8. The van der Waals surface area contributed by atoms with Crippen molar-refractivity contribution in [1.82, 2.24) is 9.47 Å². The third-order valence-corrected chi connectivity index (χ3v) is 6.78. The molecule has 4 rings (SSSR count). The Balaban J connectivity index is 1.60. The van der Waals surface area contributed by atoms with Gasteiger partial charge in [-0.25, -0.2) is 0 Å². The molecule has 1 aromatic heterocycles. The zero-order valence-corrected chi connectivity index (χ0v) is 17.7. The first-order valence-electron chi connectivity index (χ1n) is 10.8. The van der Waals surface area contributed by atoms with Gasteiger partial charge in [0, 0.05) is 18.8 Å². The maximum atomic E-state index is 13.3. The molecule has 2 fully saturated rings. The Kier molecular flexibility index (Phi) is 5.55. The summed E-state index contributed by atoms with van der Waals surface area (Å²) in [4.78, 5) is 28.2. The summed E-state index contributed by atoms with van der Waals surface area (Å²) >= 11 is 0. The Morgan fingerprint density at radius 1 is 1.07 bits per heavy atom. The summed E-state index contributed by atoms with van der Waals surface area (Å²) in [7, 11) is 0. The Labute approximate surface area is 176 Å². The molecule has 1 saturated carbocycles. The molecule has 2 heterocycles. The molecule has 1 amide bonds. The highest BCUT2D eigenvalue weighted by molar-refractivity contribution is 5.95. The lowest BCUT2D eigenvalue weighted by molar-refractivity contribution is 0.0411. The predicted molar refractivity (Wildman–Crippen MR) is 115 cm³/mol. The van der Waals surface area contributed by atoms with E-state index in [0.29, 0.717) is 31.4 Å². The van der Waals surface area contributed by atoms with Crippen molar-refractivity contribution < 1.29 is 15.0 Å². The van der Waals surface area contributed by atoms with Crippen molar-refractivity contribution in [1.29, 1.82) is 0 Å². The van der Waals surface area contributed by atoms with Crippen molar-refractivity contribution in [2.75, 3.05) is 13.1 Å². The van der Waals surface area contributed by atoms with Crippen molar-refractivity contribution >= 4 is 5.91 Å². The largest absolute Gasteiger partial charge is 0.393 e. The highest BCUT2D eigenvalue weighted by Gasteiger charge is 2.41. The van der Waals surface area contributed by atoms with Gasteiger partial charge in [0.2, 0.25) is 0 Å². The lowest BCUT2D eigenvalue weighted by Gasteiger charge is -2.28. The van der Waals surface area contributed by atoms with Gasteiger partial charge in [0.25, 0.3) is 11.5 Å². The Morgan fingerprint density at radius 3 is 2.47 bits per heavy atom. The fourth-order valence-corrected chi connectivity index (χ4v) is 4.97. The van der Waals surface area contributed by atoms with E-state index in [1.807, 2.05) is 37.3 Å². The molecule has 2 aliphatic rings. The van der Waals surface area contributed by atoms with Gasteiger partial charge in [0.1, 0.15) is 11.2 Å². The third kappa shape index (κ3) is 3.70. The monoisotopic (exact) mass is 410 g/mol. The number of carbonyl (C=O) groups excluding carboxylic acids is 1. The maximum absolute atomic E-state index is 13.3. The molecule has 6 nitrogen and oxygen atoms in total. The molecule has 1 aliphatic carbocycles. The first-order chi connectivity index (χ1) is 14.3. The van der Waals surface area contributed by atoms with Crippen LogP contribution in [0, 0.1) is 13.8 Å². The highest BCUT2D eigenvalue weighted by atomic mass is 16.3. The van der Waals surface area contributed by atoms with Gasteiger partial charge in [0.15, 0.2) is 0 Å². The fourth-order valence-electron chi connectivity index (χ4n) is 4.97. The van der Waals surface area contributed by atoms with Crippen molar-refractivity contribution in [2.24, 2.45) is 0 Å². The average molecular weight is 411 g/mol. The van der Waals surface area contributed by atoms with Crippen molar-refractivity contribution in [3.63, 3.8) is 0 Å². The zero-order chi connectivity index (χ0) is 21.5. The first kappa shape index (κ1) is 20.8. The summed E-state index contributed by atoms with van der Waals surface area (Å²) in [6.45, 7) is 4.33. The van der Waals surface area contributed by atoms with E-state index in [1.165, 1.54) is 0 Å². The van der Waals surface area contributed by atoms with Crippen molar-refractivity contribution in [3.05, 3.63) is 69.1 Å². The van der Waals surface area contributed by atoms with Crippen molar-refractivity contribution in [2.45, 2.75) is 63.7 Å². The minimum atomic E-state index is -1.10. The normalized spacial score (nSPS) is 26.7. The standard InChI is InChI=1S/C24H30N2O4/c1-16-5-3-4-6-20(16)24(30)12-14-25(15-24)22(28)21-17(2)11-13-26(23(21)29)18-7-9-19(27)10-8-18/h3-6,11,13,18-19,27,30H,7-10,12,14-15H2,1-2H3. The molecular weight excluding hydrogens is 380 g/mol. The summed E-state index contributed by atoms with van der Waals surface area (Å²) in [5.41, 5.74) is 1.31. The van der Waals surface area contributed by atoms with Crippen LogP contribution in [-0.2, 0) is 5.60 Å². The number of nitrogens with zero attached hydrogens (tertiary/aromatic N) is 2. The molecule has 160 valence electrons. The molecule has 1 aromatic carbocycles. The number of benzene rings is 1. The number of aliphatic hydroxyl groups is 2. The van der Waals surface area contributed by atoms with E-state index < -0.39 is 5.60 Å². The minimum Gasteiger partial charge on any atom is -0.393 e. The van der Waals surface area contributed by atoms with Gasteiger partial charge in [0.05, 0.1) is 12.6 Å². The summed E-state index contributed by atoms with van der Waals surface area (Å²) < 4.78 is 1.66. The molecule has 0 radical (unpaired) electrons. The van der Waals surface area contributed by atoms with Gasteiger partial charge in [-0.3, -0.25) is 9.59 Å². The number of pyridine rings is 1. The van der Waals surface area contributed by atoms with Gasteiger partial charge < -0.3 is 19.7 Å². The molecule has 1 aliphatic heterocycles. The van der Waals surface area contributed by atoms with Crippen LogP contribution in [0.5, 0.6) is 0 Å². The molecule has 1 atom stereocenters. The van der Waals surface area contributed by atoms with Gasteiger partial charge in [-0.15, -0.1) is 0 Å². The number of hydrogen-bond donors (Lipinski definition) is 2. The fraction of sp³-hybridized carbons (Fsp3) is 0.500. The third-order valence-electron chi connectivity index (χ3n) is 6.78. The van der Waals surface area contributed by atoms with Gasteiger partial charge >= 0.3 is 0 Å².